The first-order chi connectivity index (χ1) is 9.10. The van der Waals surface area contributed by atoms with E-state index in [-0.39, 0.29) is 5.91 Å². The predicted octanol–water partition coefficient (Wildman–Crippen LogP) is 1.43. The molecule has 2 saturated heterocycles. The lowest BCUT2D eigenvalue weighted by molar-refractivity contribution is -0.127. The van der Waals surface area contributed by atoms with Gasteiger partial charge in [-0.25, -0.2) is 4.31 Å². The number of hydrogen-bond donors (Lipinski definition) is 0. The Labute approximate surface area is 114 Å². The van der Waals surface area contributed by atoms with Crippen LogP contribution in [-0.2, 0) is 15.0 Å². The summed E-state index contributed by atoms with van der Waals surface area (Å²) in [5.74, 6) is -0.214. The SMILES string of the molecule is O=C1[C@@H]2CCCN2S(=O)(=O)N1CCC1=CCCCC1. The number of amides is 1. The highest BCUT2D eigenvalue weighted by Gasteiger charge is 2.52. The maximum absolute atomic E-state index is 12.3. The van der Waals surface area contributed by atoms with Crippen LogP contribution in [0.4, 0.5) is 0 Å². The Morgan fingerprint density at radius 2 is 2.11 bits per heavy atom. The number of allylic oxidation sites excluding steroid dienone is 1. The normalized spacial score (nSPS) is 30.5. The summed E-state index contributed by atoms with van der Waals surface area (Å²) in [7, 11) is -3.52. The van der Waals surface area contributed by atoms with Crippen LogP contribution in [0, 0.1) is 0 Å². The molecule has 0 saturated carbocycles. The van der Waals surface area contributed by atoms with Gasteiger partial charge >= 0.3 is 10.2 Å². The third-order valence-electron chi connectivity index (χ3n) is 4.33. The molecule has 0 bridgehead atoms. The average molecular weight is 284 g/mol. The van der Waals surface area contributed by atoms with Crippen molar-refractivity contribution < 1.29 is 13.2 Å². The van der Waals surface area contributed by atoms with Crippen LogP contribution in [0.25, 0.3) is 0 Å². The van der Waals surface area contributed by atoms with Crippen molar-refractivity contribution in [3.05, 3.63) is 11.6 Å². The van der Waals surface area contributed by atoms with Gasteiger partial charge in [0.25, 0.3) is 5.91 Å². The summed E-state index contributed by atoms with van der Waals surface area (Å²) in [6.45, 7) is 0.817. The molecule has 19 heavy (non-hydrogen) atoms. The lowest BCUT2D eigenvalue weighted by Gasteiger charge is -2.19. The van der Waals surface area contributed by atoms with Crippen molar-refractivity contribution in [2.75, 3.05) is 13.1 Å². The van der Waals surface area contributed by atoms with Gasteiger partial charge in [0, 0.05) is 13.1 Å². The van der Waals surface area contributed by atoms with Gasteiger partial charge in [0.15, 0.2) is 0 Å². The molecule has 2 heterocycles. The fourth-order valence-electron chi connectivity index (χ4n) is 3.27. The third kappa shape index (κ3) is 2.21. The second-order valence-electron chi connectivity index (χ2n) is 5.55. The highest BCUT2D eigenvalue weighted by atomic mass is 32.2. The maximum atomic E-state index is 12.3. The second-order valence-corrected chi connectivity index (χ2v) is 7.35. The van der Waals surface area contributed by atoms with Crippen molar-refractivity contribution in [3.8, 4) is 0 Å². The fraction of sp³-hybridized carbons (Fsp3) is 0.769. The average Bonchev–Trinajstić information content (AvgIpc) is 2.94. The molecule has 106 valence electrons. The molecule has 2 aliphatic heterocycles. The number of hydrogen-bond acceptors (Lipinski definition) is 3. The van der Waals surface area contributed by atoms with Crippen LogP contribution < -0.4 is 0 Å². The van der Waals surface area contributed by atoms with Crippen molar-refractivity contribution in [2.45, 2.75) is 51.0 Å². The van der Waals surface area contributed by atoms with Crippen LogP contribution in [-0.4, -0.2) is 42.1 Å². The smallest absolute Gasteiger partial charge is 0.272 e. The Bertz CT molecular complexity index is 512. The van der Waals surface area contributed by atoms with Crippen LogP contribution in [0.1, 0.15) is 44.9 Å². The lowest BCUT2D eigenvalue weighted by Crippen LogP contribution is -2.35. The van der Waals surface area contributed by atoms with Gasteiger partial charge in [0.05, 0.1) is 0 Å². The summed E-state index contributed by atoms with van der Waals surface area (Å²) < 4.78 is 27.0. The first-order valence-corrected chi connectivity index (χ1v) is 8.51. The van der Waals surface area contributed by atoms with Crippen molar-refractivity contribution >= 4 is 16.1 Å². The van der Waals surface area contributed by atoms with Gasteiger partial charge in [-0.2, -0.15) is 12.7 Å². The van der Waals surface area contributed by atoms with E-state index in [1.165, 1.54) is 22.7 Å². The molecule has 0 N–H and O–H groups in total. The monoisotopic (exact) mass is 284 g/mol. The van der Waals surface area contributed by atoms with Gasteiger partial charge in [-0.3, -0.25) is 4.79 Å². The van der Waals surface area contributed by atoms with E-state index < -0.39 is 16.3 Å². The molecule has 0 aromatic rings. The van der Waals surface area contributed by atoms with Crippen LogP contribution >= 0.6 is 0 Å². The van der Waals surface area contributed by atoms with Crippen LogP contribution in [0.2, 0.25) is 0 Å². The van der Waals surface area contributed by atoms with Crippen molar-refractivity contribution in [1.29, 1.82) is 0 Å². The Balaban J connectivity index is 1.70. The topological polar surface area (TPSA) is 57.7 Å². The molecular weight excluding hydrogens is 264 g/mol. The van der Waals surface area contributed by atoms with Gasteiger partial charge in [0.2, 0.25) is 0 Å². The molecule has 1 atom stereocenters. The first kappa shape index (κ1) is 13.1. The fourth-order valence-corrected chi connectivity index (χ4v) is 5.07. The molecule has 0 aromatic heterocycles. The molecule has 0 aromatic carbocycles. The van der Waals surface area contributed by atoms with Gasteiger partial charge in [-0.1, -0.05) is 11.6 Å². The number of nitrogens with zero attached hydrogens (tertiary/aromatic N) is 2. The summed E-state index contributed by atoms with van der Waals surface area (Å²) in [5.41, 5.74) is 1.31. The minimum absolute atomic E-state index is 0.214. The molecule has 0 spiro atoms. The van der Waals surface area contributed by atoms with E-state index in [2.05, 4.69) is 6.08 Å². The van der Waals surface area contributed by atoms with Gasteiger partial charge in [0.1, 0.15) is 6.04 Å². The highest BCUT2D eigenvalue weighted by Crippen LogP contribution is 2.32. The summed E-state index contributed by atoms with van der Waals surface area (Å²) in [6.07, 6.45) is 8.93. The van der Waals surface area contributed by atoms with Crippen molar-refractivity contribution in [2.24, 2.45) is 0 Å². The molecule has 1 aliphatic carbocycles. The molecule has 1 amide bonds. The lowest BCUT2D eigenvalue weighted by atomic mass is 9.97. The Morgan fingerprint density at radius 1 is 1.26 bits per heavy atom. The van der Waals surface area contributed by atoms with E-state index in [0.717, 1.165) is 23.6 Å². The van der Waals surface area contributed by atoms with Gasteiger partial charge in [-0.05, 0) is 44.9 Å². The first-order valence-electron chi connectivity index (χ1n) is 7.12. The van der Waals surface area contributed by atoms with Gasteiger partial charge < -0.3 is 0 Å². The standard InChI is InChI=1S/C13H20N2O3S/c16-13-12-7-4-9-14(12)19(17,18)15(13)10-8-11-5-2-1-3-6-11/h5,12H,1-4,6-10H2/t12-/m0/s1. The number of fused-ring (bicyclic) bond motifs is 1. The van der Waals surface area contributed by atoms with Crippen LogP contribution in [0.3, 0.4) is 0 Å². The Kier molecular flexibility index (Phi) is 3.39. The Hall–Kier alpha value is -0.880. The zero-order valence-electron chi connectivity index (χ0n) is 11.0. The van der Waals surface area contributed by atoms with E-state index in [1.807, 2.05) is 0 Å². The molecule has 6 heteroatoms. The number of rotatable bonds is 3. The van der Waals surface area contributed by atoms with E-state index in [4.69, 9.17) is 0 Å². The third-order valence-corrected chi connectivity index (χ3v) is 6.28. The molecule has 2 fully saturated rings. The van der Waals surface area contributed by atoms with E-state index in [0.29, 0.717) is 25.9 Å². The molecule has 0 radical (unpaired) electrons. The largest absolute Gasteiger partial charge is 0.307 e. The minimum atomic E-state index is -3.52. The zero-order valence-corrected chi connectivity index (χ0v) is 11.9. The summed E-state index contributed by atoms with van der Waals surface area (Å²) in [6, 6.07) is -0.412. The van der Waals surface area contributed by atoms with E-state index in [9.17, 15) is 13.2 Å². The van der Waals surface area contributed by atoms with Crippen molar-refractivity contribution in [3.63, 3.8) is 0 Å². The summed E-state index contributed by atoms with van der Waals surface area (Å²) >= 11 is 0. The molecule has 3 aliphatic rings. The molecule has 0 unspecified atom stereocenters. The highest BCUT2D eigenvalue weighted by molar-refractivity contribution is 7.87. The van der Waals surface area contributed by atoms with Crippen LogP contribution in [0.5, 0.6) is 0 Å². The summed E-state index contributed by atoms with van der Waals surface area (Å²) in [4.78, 5) is 12.2. The van der Waals surface area contributed by atoms with E-state index >= 15 is 0 Å². The number of carbonyl (C=O) groups excluding carboxylic acids is 1. The minimum Gasteiger partial charge on any atom is -0.272 e. The number of carbonyl (C=O) groups is 1. The second kappa shape index (κ2) is 4.90. The molecular formula is C13H20N2O3S. The zero-order chi connectivity index (χ0) is 13.5. The van der Waals surface area contributed by atoms with Gasteiger partial charge in [-0.15, -0.1) is 0 Å². The quantitative estimate of drug-likeness (QED) is 0.737. The molecule has 5 nitrogen and oxygen atoms in total. The van der Waals surface area contributed by atoms with E-state index in [1.54, 1.807) is 0 Å². The maximum Gasteiger partial charge on any atom is 0.307 e. The van der Waals surface area contributed by atoms with Crippen molar-refractivity contribution in [1.82, 2.24) is 8.61 Å². The van der Waals surface area contributed by atoms with Crippen LogP contribution in [0.15, 0.2) is 11.6 Å². The molecule has 3 rings (SSSR count). The summed E-state index contributed by atoms with van der Waals surface area (Å²) in [5, 5.41) is 0. The Morgan fingerprint density at radius 3 is 2.79 bits per heavy atom. The predicted molar refractivity (Wildman–Crippen MR) is 71.5 cm³/mol.